The van der Waals surface area contributed by atoms with E-state index in [1.54, 1.807) is 0 Å². The van der Waals surface area contributed by atoms with Gasteiger partial charge in [0.15, 0.2) is 5.69 Å². The van der Waals surface area contributed by atoms with Gasteiger partial charge in [-0.1, -0.05) is 55.4 Å². The smallest absolute Gasteiger partial charge is 0.397 e. The second kappa shape index (κ2) is 5.02. The number of nitrogens with zero attached hydrogens (tertiary/aromatic N) is 1. The molecule has 0 fully saturated rings. The van der Waals surface area contributed by atoms with Crippen LogP contribution in [0.5, 0.6) is 0 Å². The number of halogens is 2. The van der Waals surface area contributed by atoms with Crippen molar-refractivity contribution in [2.45, 2.75) is 19.7 Å². The highest BCUT2D eigenvalue weighted by Gasteiger charge is 2.46. The molecular weight excluding hydrogens is 459 g/mol. The minimum atomic E-state index is -0.692. The van der Waals surface area contributed by atoms with Crippen LogP contribution in [0.3, 0.4) is 0 Å². The number of hydrogen-bond acceptors (Lipinski definition) is 0. The van der Waals surface area contributed by atoms with Crippen LogP contribution in [0.2, 0.25) is 0 Å². The summed E-state index contributed by atoms with van der Waals surface area (Å²) in [5.41, 5.74) is 4.25. The van der Waals surface area contributed by atoms with E-state index >= 15 is 0 Å². The van der Waals surface area contributed by atoms with Gasteiger partial charge in [-0.3, -0.25) is 0 Å². The summed E-state index contributed by atoms with van der Waals surface area (Å²) in [5.74, 6) is 1.22. The zero-order valence-electron chi connectivity index (χ0n) is 11.1. The summed E-state index contributed by atoms with van der Waals surface area (Å²) in [6, 6.07) is 15.4. The molecule has 0 N–H and O–H groups in total. The highest BCUT2D eigenvalue weighted by Crippen LogP contribution is 2.46. The fourth-order valence-corrected chi connectivity index (χ4v) is 6.62. The molecule has 0 saturated carbocycles. The Kier molecular flexibility index (Phi) is 3.66. The lowest BCUT2D eigenvalue weighted by Gasteiger charge is -2.41. The molecule has 19 heavy (non-hydrogen) atoms. The van der Waals surface area contributed by atoms with Crippen molar-refractivity contribution in [3.63, 3.8) is 0 Å². The predicted molar refractivity (Wildman–Crippen MR) is 98.8 cm³/mol. The van der Waals surface area contributed by atoms with Crippen LogP contribution in [-0.2, 0) is 0 Å². The minimum absolute atomic E-state index is 0.581. The summed E-state index contributed by atoms with van der Waals surface area (Å²) in [5, 5.41) is 0. The van der Waals surface area contributed by atoms with Gasteiger partial charge in [0.25, 0.3) is 0 Å². The number of benzene rings is 1. The third-order valence-corrected chi connectivity index (χ3v) is 6.76. The van der Waals surface area contributed by atoms with E-state index in [1.165, 1.54) is 16.8 Å². The molecule has 98 valence electrons. The zero-order valence-corrected chi connectivity index (χ0v) is 15.4. The number of pyridine rings is 1. The third kappa shape index (κ3) is 2.15. The first-order chi connectivity index (χ1) is 9.03. The van der Waals surface area contributed by atoms with Gasteiger partial charge in [0.1, 0.15) is 6.20 Å². The lowest BCUT2D eigenvalue weighted by atomic mass is 9.60. The molecule has 1 aromatic carbocycles. The van der Waals surface area contributed by atoms with E-state index in [4.69, 9.17) is 0 Å². The standard InChI is InChI=1S/C15H16BI2N/c1-11(2)15-13-8-4-3-7-12(13)14-9-5-6-10-19(14)16(15,17)18/h3-11,15H,1-2H3/t15-/m1/s1. The lowest BCUT2D eigenvalue weighted by molar-refractivity contribution is -0.524. The average Bonchev–Trinajstić information content (AvgIpc) is 2.38. The van der Waals surface area contributed by atoms with Crippen LogP contribution in [0, 0.1) is 5.92 Å². The Morgan fingerprint density at radius 1 is 1.05 bits per heavy atom. The first kappa shape index (κ1) is 13.9. The van der Waals surface area contributed by atoms with E-state index in [2.05, 4.69) is 112 Å². The van der Waals surface area contributed by atoms with E-state index in [0.29, 0.717) is 11.7 Å². The summed E-state index contributed by atoms with van der Waals surface area (Å²) in [6.45, 7) is 4.67. The van der Waals surface area contributed by atoms with Crippen LogP contribution in [0.15, 0.2) is 48.7 Å². The molecule has 0 amide bonds. The van der Waals surface area contributed by atoms with Gasteiger partial charge in [-0.2, -0.15) is 0 Å². The third-order valence-electron chi connectivity index (χ3n) is 4.01. The van der Waals surface area contributed by atoms with Crippen LogP contribution in [-0.4, -0.2) is 1.99 Å². The van der Waals surface area contributed by atoms with Gasteiger partial charge in [0.05, 0.1) is 0 Å². The Hall–Kier alpha value is -0.105. The Morgan fingerprint density at radius 3 is 2.47 bits per heavy atom. The first-order valence-electron chi connectivity index (χ1n) is 6.65. The van der Waals surface area contributed by atoms with Crippen molar-refractivity contribution in [2.75, 3.05) is 0 Å². The van der Waals surface area contributed by atoms with Crippen molar-refractivity contribution in [1.82, 2.24) is 0 Å². The van der Waals surface area contributed by atoms with Gasteiger partial charge in [-0.05, 0) is 12.1 Å². The average molecular weight is 475 g/mol. The van der Waals surface area contributed by atoms with Crippen molar-refractivity contribution >= 4 is 46.7 Å². The molecule has 1 nitrogen and oxygen atoms in total. The molecule has 0 bridgehead atoms. The highest BCUT2D eigenvalue weighted by atomic mass is 127. The molecular formula is C15H16BI2N. The first-order valence-corrected chi connectivity index (χ1v) is 9.14. The normalized spacial score (nSPS) is 19.9. The molecule has 1 atom stereocenters. The molecule has 1 aliphatic heterocycles. The molecule has 0 unspecified atom stereocenters. The number of aromatic nitrogens is 1. The van der Waals surface area contributed by atoms with Gasteiger partial charge in [-0.25, -0.2) is 44.7 Å². The van der Waals surface area contributed by atoms with Gasteiger partial charge < -0.3 is 4.48 Å². The van der Waals surface area contributed by atoms with Gasteiger partial charge in [-0.15, -0.1) is 0 Å². The van der Waals surface area contributed by atoms with Crippen LogP contribution < -0.4 is 4.48 Å². The number of hydrogen-bond donors (Lipinski definition) is 0. The fourth-order valence-electron chi connectivity index (χ4n) is 3.22. The summed E-state index contributed by atoms with van der Waals surface area (Å²) >= 11 is 5.34. The fraction of sp³-hybridized carbons (Fsp3) is 0.267. The number of rotatable bonds is 1. The molecule has 1 aromatic heterocycles. The molecule has 0 spiro atoms. The van der Waals surface area contributed by atoms with E-state index in [-0.39, 0.29) is 0 Å². The summed E-state index contributed by atoms with van der Waals surface area (Å²) in [6.07, 6.45) is 2.24. The number of fused-ring (bicyclic) bond motifs is 3. The summed E-state index contributed by atoms with van der Waals surface area (Å²) in [4.78, 5) is 0. The van der Waals surface area contributed by atoms with Crippen LogP contribution in [0.1, 0.15) is 25.2 Å². The monoisotopic (exact) mass is 475 g/mol. The predicted octanol–water partition coefficient (Wildman–Crippen LogP) is 4.59. The Morgan fingerprint density at radius 2 is 1.74 bits per heavy atom. The molecule has 2 heterocycles. The van der Waals surface area contributed by atoms with Crippen molar-refractivity contribution in [3.05, 3.63) is 54.2 Å². The largest absolute Gasteiger partial charge is 0.402 e. The maximum Gasteiger partial charge on any atom is 0.397 e. The summed E-state index contributed by atoms with van der Waals surface area (Å²) < 4.78 is 1.79. The van der Waals surface area contributed by atoms with Crippen molar-refractivity contribution in [1.29, 1.82) is 0 Å². The maximum atomic E-state index is 2.67. The molecule has 3 rings (SSSR count). The molecule has 0 saturated heterocycles. The summed E-state index contributed by atoms with van der Waals surface area (Å²) in [7, 11) is 0. The molecule has 1 aliphatic rings. The Balaban J connectivity index is 2.35. The van der Waals surface area contributed by atoms with E-state index in [1.807, 2.05) is 0 Å². The van der Waals surface area contributed by atoms with Gasteiger partial charge >= 0.3 is 1.99 Å². The van der Waals surface area contributed by atoms with Crippen molar-refractivity contribution in [2.24, 2.45) is 5.92 Å². The Bertz CT molecular complexity index is 625. The molecule has 0 radical (unpaired) electrons. The Labute approximate surface area is 141 Å². The lowest BCUT2D eigenvalue weighted by Crippen LogP contribution is -2.63. The van der Waals surface area contributed by atoms with E-state index in [9.17, 15) is 0 Å². The van der Waals surface area contributed by atoms with Crippen molar-refractivity contribution < 1.29 is 4.48 Å². The minimum Gasteiger partial charge on any atom is -0.402 e. The van der Waals surface area contributed by atoms with Crippen LogP contribution >= 0.6 is 44.7 Å². The van der Waals surface area contributed by atoms with Crippen molar-refractivity contribution in [3.8, 4) is 11.3 Å². The highest BCUT2D eigenvalue weighted by molar-refractivity contribution is 14.3. The van der Waals surface area contributed by atoms with Crippen LogP contribution in [0.25, 0.3) is 11.3 Å². The van der Waals surface area contributed by atoms with Crippen LogP contribution in [0.4, 0.5) is 0 Å². The van der Waals surface area contributed by atoms with Gasteiger partial charge in [0.2, 0.25) is 0 Å². The quantitative estimate of drug-likeness (QED) is 0.420. The van der Waals surface area contributed by atoms with E-state index in [0.717, 1.165) is 0 Å². The van der Waals surface area contributed by atoms with Gasteiger partial charge in [0, 0.05) is 11.6 Å². The SMILES string of the molecule is CC(C)[C@@H]1c2ccccc2-c2cccc[n+]2[B-]1(I)I. The molecule has 0 aliphatic carbocycles. The van der Waals surface area contributed by atoms with E-state index < -0.39 is 1.99 Å². The molecule has 2 aromatic rings. The maximum absolute atomic E-state index is 2.67. The second-order valence-electron chi connectivity index (χ2n) is 5.53. The topological polar surface area (TPSA) is 3.88 Å². The zero-order chi connectivity index (χ0) is 13.6. The molecule has 4 heteroatoms. The second-order valence-corrected chi connectivity index (χ2v) is 11.7.